The molecule has 0 unspecified atom stereocenters. The number of anilines is 1. The molecule has 1 saturated heterocycles. The number of alkyl halides is 1. The van der Waals surface area contributed by atoms with E-state index in [-0.39, 0.29) is 24.6 Å². The molecule has 0 spiro atoms. The average molecular weight is 760 g/mol. The highest BCUT2D eigenvalue weighted by Crippen LogP contribution is 2.39. The van der Waals surface area contributed by atoms with Gasteiger partial charge in [0, 0.05) is 57.1 Å². The number of halogens is 1. The van der Waals surface area contributed by atoms with Gasteiger partial charge in [0.25, 0.3) is 0 Å². The number of methoxy groups -OCH3 is 2. The van der Waals surface area contributed by atoms with Crippen molar-refractivity contribution >= 4 is 31.6 Å². The van der Waals surface area contributed by atoms with Gasteiger partial charge in [-0.25, -0.2) is 8.42 Å². The van der Waals surface area contributed by atoms with Gasteiger partial charge in [-0.1, -0.05) is 70.9 Å². The highest BCUT2D eigenvalue weighted by atomic mass is 79.9. The van der Waals surface area contributed by atoms with Crippen LogP contribution < -0.4 is 9.64 Å². The summed E-state index contributed by atoms with van der Waals surface area (Å²) in [6.07, 6.45) is 1.19. The first-order chi connectivity index (χ1) is 23.7. The first-order valence-electron chi connectivity index (χ1n) is 17.1. The van der Waals surface area contributed by atoms with Gasteiger partial charge in [-0.3, -0.25) is 0 Å². The Morgan fingerprint density at radius 1 is 0.959 bits per heavy atom. The van der Waals surface area contributed by atoms with Gasteiger partial charge >= 0.3 is 0 Å². The Kier molecular flexibility index (Phi) is 14.0. The van der Waals surface area contributed by atoms with Gasteiger partial charge in [0.1, 0.15) is 12.4 Å². The predicted octanol–water partition coefficient (Wildman–Crippen LogP) is 6.56. The molecule has 2 aliphatic rings. The zero-order valence-electron chi connectivity index (χ0n) is 29.2. The zero-order valence-corrected chi connectivity index (χ0v) is 31.6. The number of sulfonamides is 1. The molecule has 0 radical (unpaired) electrons. The molecule has 1 fully saturated rings. The summed E-state index contributed by atoms with van der Waals surface area (Å²) in [6, 6.07) is 21.5. The minimum atomic E-state index is -3.76. The summed E-state index contributed by atoms with van der Waals surface area (Å²) in [7, 11) is -0.326. The van der Waals surface area contributed by atoms with E-state index in [1.807, 2.05) is 31.2 Å². The SMILES string of the molecule is COCCCN1CCOc2ccc(CO[C@H]3CN(S(=O)(=O)c4ccc(C)cc4)[C@H](CBr)C[C@@H]3c3ccc(COC[C@@H](C)COC)cc3)cc21. The Hall–Kier alpha value is -2.51. The van der Waals surface area contributed by atoms with E-state index < -0.39 is 10.0 Å². The van der Waals surface area contributed by atoms with Crippen LogP contribution in [0.1, 0.15) is 47.9 Å². The lowest BCUT2D eigenvalue weighted by Gasteiger charge is -2.43. The fourth-order valence-electron chi connectivity index (χ4n) is 6.63. The van der Waals surface area contributed by atoms with E-state index in [9.17, 15) is 8.42 Å². The van der Waals surface area contributed by atoms with Crippen LogP contribution in [0.4, 0.5) is 5.69 Å². The lowest BCUT2D eigenvalue weighted by Crippen LogP contribution is -2.53. The Morgan fingerprint density at radius 3 is 2.43 bits per heavy atom. The number of rotatable bonds is 17. The second-order valence-corrected chi connectivity index (χ2v) is 15.7. The van der Waals surface area contributed by atoms with Crippen molar-refractivity contribution in [2.75, 3.05) is 70.5 Å². The summed E-state index contributed by atoms with van der Waals surface area (Å²) in [5.41, 5.74) is 5.31. The molecule has 49 heavy (non-hydrogen) atoms. The van der Waals surface area contributed by atoms with E-state index in [2.05, 4.69) is 58.1 Å². The van der Waals surface area contributed by atoms with E-state index in [1.54, 1.807) is 30.7 Å². The summed E-state index contributed by atoms with van der Waals surface area (Å²) < 4.78 is 58.9. The van der Waals surface area contributed by atoms with Gasteiger partial charge in [0.15, 0.2) is 0 Å². The molecule has 0 aliphatic carbocycles. The molecule has 3 aromatic carbocycles. The van der Waals surface area contributed by atoms with Crippen LogP contribution in [-0.2, 0) is 42.2 Å². The fourth-order valence-corrected chi connectivity index (χ4v) is 9.08. The maximum absolute atomic E-state index is 14.1. The van der Waals surface area contributed by atoms with E-state index >= 15 is 0 Å². The molecule has 9 nitrogen and oxygen atoms in total. The van der Waals surface area contributed by atoms with E-state index in [1.165, 1.54) is 0 Å². The number of piperidine rings is 1. The number of nitrogens with zero attached hydrogens (tertiary/aromatic N) is 2. The van der Waals surface area contributed by atoms with Crippen LogP contribution in [0.25, 0.3) is 0 Å². The molecule has 11 heteroatoms. The predicted molar refractivity (Wildman–Crippen MR) is 196 cm³/mol. The molecule has 3 aromatic rings. The Labute approximate surface area is 301 Å². The molecule has 0 aromatic heterocycles. The molecule has 5 rings (SSSR count). The summed E-state index contributed by atoms with van der Waals surface area (Å²) in [5.74, 6) is 1.19. The summed E-state index contributed by atoms with van der Waals surface area (Å²) in [5, 5.41) is 0.524. The normalized spacial score (nSPS) is 20.5. The zero-order chi connectivity index (χ0) is 34.8. The number of hydrogen-bond donors (Lipinski definition) is 0. The van der Waals surface area contributed by atoms with E-state index in [0.29, 0.717) is 62.2 Å². The smallest absolute Gasteiger partial charge is 0.243 e. The third-order valence-corrected chi connectivity index (χ3v) is 12.0. The maximum Gasteiger partial charge on any atom is 0.243 e. The van der Waals surface area contributed by atoms with Gasteiger partial charge in [-0.05, 0) is 60.7 Å². The summed E-state index contributed by atoms with van der Waals surface area (Å²) >= 11 is 3.65. The quantitative estimate of drug-likeness (QED) is 0.113. The van der Waals surface area contributed by atoms with Crippen LogP contribution in [0.3, 0.4) is 0 Å². The van der Waals surface area contributed by atoms with Gasteiger partial charge < -0.3 is 28.6 Å². The Balaban J connectivity index is 1.37. The van der Waals surface area contributed by atoms with E-state index in [4.69, 9.17) is 23.7 Å². The van der Waals surface area contributed by atoms with Crippen molar-refractivity contribution in [3.63, 3.8) is 0 Å². The molecule has 0 saturated carbocycles. The number of benzene rings is 3. The molecular formula is C38H51BrN2O7S. The molecule has 4 atom stereocenters. The lowest BCUT2D eigenvalue weighted by atomic mass is 9.84. The summed E-state index contributed by atoms with van der Waals surface area (Å²) in [4.78, 5) is 2.64. The van der Waals surface area contributed by atoms with Gasteiger partial charge in [-0.2, -0.15) is 4.31 Å². The second kappa shape index (κ2) is 18.1. The molecule has 2 aliphatic heterocycles. The van der Waals surface area contributed by atoms with Gasteiger partial charge in [0.2, 0.25) is 10.0 Å². The van der Waals surface area contributed by atoms with Gasteiger partial charge in [-0.15, -0.1) is 0 Å². The van der Waals surface area contributed by atoms with Crippen molar-refractivity contribution in [3.8, 4) is 5.75 Å². The van der Waals surface area contributed by atoms with Crippen LogP contribution in [0.5, 0.6) is 5.75 Å². The average Bonchev–Trinajstić information content (AvgIpc) is 3.11. The number of fused-ring (bicyclic) bond motifs is 1. The molecule has 268 valence electrons. The minimum Gasteiger partial charge on any atom is -0.490 e. The van der Waals surface area contributed by atoms with Crippen LogP contribution in [0, 0.1) is 12.8 Å². The monoisotopic (exact) mass is 758 g/mol. The molecule has 0 bridgehead atoms. The molecule has 2 heterocycles. The number of ether oxygens (including phenoxy) is 5. The Morgan fingerprint density at radius 2 is 1.71 bits per heavy atom. The topological polar surface area (TPSA) is 86.8 Å². The van der Waals surface area contributed by atoms with Crippen LogP contribution in [0.2, 0.25) is 0 Å². The van der Waals surface area contributed by atoms with Crippen molar-refractivity contribution in [2.24, 2.45) is 5.92 Å². The molecular weight excluding hydrogens is 708 g/mol. The molecule has 0 amide bonds. The van der Waals surface area contributed by atoms with Gasteiger partial charge in [0.05, 0.1) is 49.7 Å². The third kappa shape index (κ3) is 9.84. The van der Waals surface area contributed by atoms with Crippen LogP contribution in [-0.4, -0.2) is 90.5 Å². The summed E-state index contributed by atoms with van der Waals surface area (Å²) in [6.45, 7) is 9.54. The highest BCUT2D eigenvalue weighted by molar-refractivity contribution is 9.09. The lowest BCUT2D eigenvalue weighted by molar-refractivity contribution is -0.0169. The third-order valence-electron chi connectivity index (χ3n) is 9.30. The standard InChI is InChI=1S/C38H51BrN2O7S/c1-28-6-13-34(14-7-28)49(42,43)41-23-38(48-27-31-10-15-37-36(20-31)40(17-19-47-37)16-5-18-44-3)35(21-33(41)22-39)32-11-8-30(9-12-32)26-46-25-29(2)24-45-4/h6-15,20,29,33,35,38H,5,16-19,21-27H2,1-4H3/t29-,33-,35+,38-/m0/s1. The van der Waals surface area contributed by atoms with Crippen molar-refractivity contribution in [1.82, 2.24) is 4.31 Å². The van der Waals surface area contributed by atoms with Crippen molar-refractivity contribution in [3.05, 3.63) is 89.0 Å². The van der Waals surface area contributed by atoms with Crippen LogP contribution >= 0.6 is 15.9 Å². The van der Waals surface area contributed by atoms with E-state index in [0.717, 1.165) is 53.2 Å². The largest absolute Gasteiger partial charge is 0.490 e. The highest BCUT2D eigenvalue weighted by Gasteiger charge is 2.42. The first kappa shape index (κ1) is 37.7. The number of hydrogen-bond acceptors (Lipinski definition) is 8. The van der Waals surface area contributed by atoms with Crippen molar-refractivity contribution < 1.29 is 32.1 Å². The van der Waals surface area contributed by atoms with Crippen molar-refractivity contribution in [1.29, 1.82) is 0 Å². The fraction of sp³-hybridized carbons (Fsp3) is 0.526. The van der Waals surface area contributed by atoms with Crippen molar-refractivity contribution in [2.45, 2.75) is 62.9 Å². The minimum absolute atomic E-state index is 0.00443. The maximum atomic E-state index is 14.1. The number of aryl methyl sites for hydroxylation is 1. The first-order valence-corrected chi connectivity index (χ1v) is 19.7. The Bertz CT molecular complexity index is 1570. The molecule has 0 N–H and O–H groups in total. The second-order valence-electron chi connectivity index (χ2n) is 13.2. The van der Waals surface area contributed by atoms with Crippen LogP contribution in [0.15, 0.2) is 71.6 Å².